The third-order valence-electron chi connectivity index (χ3n) is 5.80. The number of anilines is 1. The number of likely N-dealkylation sites (N-methyl/N-ethyl adjacent to an activating group) is 1. The van der Waals surface area contributed by atoms with E-state index < -0.39 is 17.9 Å². The molecule has 2 heterocycles. The molecule has 0 radical (unpaired) electrons. The number of amides is 3. The van der Waals surface area contributed by atoms with E-state index in [0.717, 1.165) is 16.7 Å². The molecule has 0 spiro atoms. The van der Waals surface area contributed by atoms with Crippen molar-refractivity contribution in [3.05, 3.63) is 64.1 Å². The number of carbonyl (C=O) groups excluding carboxylic acids is 3. The van der Waals surface area contributed by atoms with Gasteiger partial charge in [0.25, 0.3) is 5.91 Å². The number of nitrogens with one attached hydrogen (secondary N) is 1. The van der Waals surface area contributed by atoms with Crippen molar-refractivity contribution < 1.29 is 14.4 Å². The molecule has 2 aromatic rings. The minimum Gasteiger partial charge on any atom is -0.332 e. The molecule has 1 atom stereocenters. The van der Waals surface area contributed by atoms with E-state index in [1.54, 1.807) is 9.80 Å². The average molecular weight is 485 g/mol. The van der Waals surface area contributed by atoms with E-state index in [1.165, 1.54) is 5.56 Å². The maximum Gasteiger partial charge on any atom is 0.311 e. The molecule has 7 nitrogen and oxygen atoms in total. The first-order valence-electron chi connectivity index (χ1n) is 10.4. The zero-order chi connectivity index (χ0) is 22.0. The summed E-state index contributed by atoms with van der Waals surface area (Å²) in [5.74, 6) is -1.54. The summed E-state index contributed by atoms with van der Waals surface area (Å²) in [5.41, 5.74) is 2.70. The molecule has 0 aromatic heterocycles. The molecular formula is C23H25BrN4O3. The standard InChI is InChI=1S/C23H25BrN4O3/c1-2-28-19-9-8-17(24)14-18(19)20(22(28)30)25-21(29)23(31)27-12-10-26(11-13-27)15-16-6-4-3-5-7-16/h3-9,14,20H,2,10-13,15H2,1H3,(H,25,29). The molecule has 1 fully saturated rings. The summed E-state index contributed by atoms with van der Waals surface area (Å²) in [6.07, 6.45) is 0. The highest BCUT2D eigenvalue weighted by Gasteiger charge is 2.39. The molecule has 162 valence electrons. The van der Waals surface area contributed by atoms with E-state index >= 15 is 0 Å². The lowest BCUT2D eigenvalue weighted by molar-refractivity contribution is -0.147. The predicted octanol–water partition coefficient (Wildman–Crippen LogP) is 2.32. The summed E-state index contributed by atoms with van der Waals surface area (Å²) in [5, 5.41) is 2.67. The molecule has 0 saturated carbocycles. The Kier molecular flexibility index (Phi) is 6.38. The Morgan fingerprint density at radius 3 is 2.45 bits per heavy atom. The highest BCUT2D eigenvalue weighted by molar-refractivity contribution is 9.10. The second-order valence-corrected chi connectivity index (χ2v) is 8.66. The number of hydrogen-bond donors (Lipinski definition) is 1. The number of nitrogens with zero attached hydrogens (tertiary/aromatic N) is 3. The van der Waals surface area contributed by atoms with E-state index in [9.17, 15) is 14.4 Å². The van der Waals surface area contributed by atoms with Gasteiger partial charge in [-0.25, -0.2) is 0 Å². The zero-order valence-corrected chi connectivity index (χ0v) is 19.0. The van der Waals surface area contributed by atoms with Crippen LogP contribution in [0.15, 0.2) is 53.0 Å². The number of hydrogen-bond acceptors (Lipinski definition) is 4. The quantitative estimate of drug-likeness (QED) is 0.675. The smallest absolute Gasteiger partial charge is 0.311 e. The summed E-state index contributed by atoms with van der Waals surface area (Å²) in [6, 6.07) is 14.9. The van der Waals surface area contributed by atoms with Crippen molar-refractivity contribution in [2.24, 2.45) is 0 Å². The molecule has 8 heteroatoms. The van der Waals surface area contributed by atoms with Crippen LogP contribution in [-0.2, 0) is 20.9 Å². The summed E-state index contributed by atoms with van der Waals surface area (Å²) in [7, 11) is 0. The first kappa shape index (κ1) is 21.5. The Balaban J connectivity index is 1.37. The van der Waals surface area contributed by atoms with Crippen molar-refractivity contribution in [1.29, 1.82) is 0 Å². The monoisotopic (exact) mass is 484 g/mol. The molecule has 2 aliphatic rings. The summed E-state index contributed by atoms with van der Waals surface area (Å²) in [6.45, 7) is 5.59. The van der Waals surface area contributed by atoms with Gasteiger partial charge in [0.15, 0.2) is 0 Å². The van der Waals surface area contributed by atoms with Crippen LogP contribution in [0.3, 0.4) is 0 Å². The Morgan fingerprint density at radius 2 is 1.77 bits per heavy atom. The first-order chi connectivity index (χ1) is 15.0. The van der Waals surface area contributed by atoms with Gasteiger partial charge in [-0.3, -0.25) is 19.3 Å². The van der Waals surface area contributed by atoms with E-state index in [4.69, 9.17) is 0 Å². The predicted molar refractivity (Wildman–Crippen MR) is 121 cm³/mol. The third-order valence-corrected chi connectivity index (χ3v) is 6.29. The van der Waals surface area contributed by atoms with Crippen LogP contribution >= 0.6 is 15.9 Å². The molecule has 2 aliphatic heterocycles. The van der Waals surface area contributed by atoms with Crippen LogP contribution in [-0.4, -0.2) is 60.2 Å². The molecule has 0 aliphatic carbocycles. The number of halogens is 1. The van der Waals surface area contributed by atoms with Crippen LogP contribution in [0.5, 0.6) is 0 Å². The summed E-state index contributed by atoms with van der Waals surface area (Å²) in [4.78, 5) is 43.7. The molecule has 2 aromatic carbocycles. The highest BCUT2D eigenvalue weighted by atomic mass is 79.9. The lowest BCUT2D eigenvalue weighted by atomic mass is 10.1. The van der Waals surface area contributed by atoms with E-state index in [-0.39, 0.29) is 5.91 Å². The maximum atomic E-state index is 12.8. The number of piperazine rings is 1. The van der Waals surface area contributed by atoms with Crippen molar-refractivity contribution in [3.63, 3.8) is 0 Å². The van der Waals surface area contributed by atoms with E-state index in [2.05, 4.69) is 38.3 Å². The fourth-order valence-electron chi connectivity index (χ4n) is 4.16. The van der Waals surface area contributed by atoms with Gasteiger partial charge in [0.05, 0.1) is 0 Å². The second-order valence-electron chi connectivity index (χ2n) is 7.75. The fraction of sp³-hybridized carbons (Fsp3) is 0.348. The largest absolute Gasteiger partial charge is 0.332 e. The van der Waals surface area contributed by atoms with E-state index in [1.807, 2.05) is 43.3 Å². The molecule has 1 N–H and O–H groups in total. The van der Waals surface area contributed by atoms with Crippen molar-refractivity contribution in [3.8, 4) is 0 Å². The van der Waals surface area contributed by atoms with Crippen LogP contribution in [0.1, 0.15) is 24.1 Å². The van der Waals surface area contributed by atoms with Gasteiger partial charge in [-0.15, -0.1) is 0 Å². The molecule has 31 heavy (non-hydrogen) atoms. The third kappa shape index (κ3) is 4.50. The number of fused-ring (bicyclic) bond motifs is 1. The van der Waals surface area contributed by atoms with Crippen LogP contribution in [0.25, 0.3) is 0 Å². The van der Waals surface area contributed by atoms with E-state index in [0.29, 0.717) is 38.3 Å². The van der Waals surface area contributed by atoms with Crippen LogP contribution in [0.4, 0.5) is 5.69 Å². The SMILES string of the molecule is CCN1C(=O)C(NC(=O)C(=O)N2CCN(Cc3ccccc3)CC2)c2cc(Br)ccc21. The van der Waals surface area contributed by atoms with Crippen molar-refractivity contribution in [1.82, 2.24) is 15.1 Å². The minimum absolute atomic E-state index is 0.218. The summed E-state index contributed by atoms with van der Waals surface area (Å²) < 4.78 is 0.817. The maximum absolute atomic E-state index is 12.8. The van der Waals surface area contributed by atoms with Gasteiger partial charge in [0.2, 0.25) is 0 Å². The average Bonchev–Trinajstić information content (AvgIpc) is 3.04. The van der Waals surface area contributed by atoms with Crippen LogP contribution in [0.2, 0.25) is 0 Å². The normalized spacial score (nSPS) is 18.8. The lowest BCUT2D eigenvalue weighted by Crippen LogP contribution is -2.53. The van der Waals surface area contributed by atoms with Gasteiger partial charge in [0, 0.05) is 55.0 Å². The second kappa shape index (κ2) is 9.20. The van der Waals surface area contributed by atoms with Gasteiger partial charge in [0.1, 0.15) is 6.04 Å². The van der Waals surface area contributed by atoms with Crippen molar-refractivity contribution in [2.75, 3.05) is 37.6 Å². The van der Waals surface area contributed by atoms with Crippen LogP contribution < -0.4 is 10.2 Å². The first-order valence-corrected chi connectivity index (χ1v) is 11.2. The van der Waals surface area contributed by atoms with Gasteiger partial charge in [-0.1, -0.05) is 46.3 Å². The topological polar surface area (TPSA) is 73.0 Å². The Bertz CT molecular complexity index is 990. The Morgan fingerprint density at radius 1 is 1.06 bits per heavy atom. The number of benzene rings is 2. The Labute approximate surface area is 190 Å². The summed E-state index contributed by atoms with van der Waals surface area (Å²) >= 11 is 3.42. The zero-order valence-electron chi connectivity index (χ0n) is 17.4. The highest BCUT2D eigenvalue weighted by Crippen LogP contribution is 2.37. The molecule has 0 bridgehead atoms. The van der Waals surface area contributed by atoms with Crippen molar-refractivity contribution in [2.45, 2.75) is 19.5 Å². The molecule has 4 rings (SSSR count). The Hall–Kier alpha value is -2.71. The van der Waals surface area contributed by atoms with Crippen LogP contribution in [0, 0.1) is 0 Å². The van der Waals surface area contributed by atoms with Gasteiger partial charge < -0.3 is 15.1 Å². The minimum atomic E-state index is -0.844. The molecule has 1 saturated heterocycles. The van der Waals surface area contributed by atoms with Gasteiger partial charge >= 0.3 is 11.8 Å². The molecular weight excluding hydrogens is 460 g/mol. The van der Waals surface area contributed by atoms with Crippen molar-refractivity contribution >= 4 is 39.3 Å². The van der Waals surface area contributed by atoms with Gasteiger partial charge in [-0.05, 0) is 30.7 Å². The molecule has 1 unspecified atom stereocenters. The number of rotatable bonds is 4. The lowest BCUT2D eigenvalue weighted by Gasteiger charge is -2.34. The fourth-order valence-corrected chi connectivity index (χ4v) is 4.54. The van der Waals surface area contributed by atoms with Gasteiger partial charge in [-0.2, -0.15) is 0 Å². The molecule has 3 amide bonds. The number of carbonyl (C=O) groups is 3.